The van der Waals surface area contributed by atoms with Gasteiger partial charge in [0.25, 0.3) is 0 Å². The second-order valence-electron chi connectivity index (χ2n) is 6.77. The Morgan fingerprint density at radius 2 is 1.89 bits per heavy atom. The topological polar surface area (TPSA) is 32.3 Å². The molecule has 0 spiro atoms. The molecule has 2 atom stereocenters. The zero-order valence-corrected chi connectivity index (χ0v) is 13.0. The fraction of sp³-hybridized carbons (Fsp3) is 0.938. The van der Waals surface area contributed by atoms with Crippen LogP contribution in [0.1, 0.15) is 66.2 Å². The molecular formula is C16H30N2O. The summed E-state index contributed by atoms with van der Waals surface area (Å²) < 4.78 is 0. The van der Waals surface area contributed by atoms with E-state index in [1.165, 1.54) is 38.5 Å². The van der Waals surface area contributed by atoms with E-state index < -0.39 is 0 Å². The number of hydrogen-bond acceptors (Lipinski definition) is 2. The van der Waals surface area contributed by atoms with Crippen molar-refractivity contribution in [2.24, 2.45) is 11.8 Å². The van der Waals surface area contributed by atoms with Gasteiger partial charge in [0.05, 0.1) is 12.2 Å². The van der Waals surface area contributed by atoms with Crippen molar-refractivity contribution in [3.63, 3.8) is 0 Å². The quantitative estimate of drug-likeness (QED) is 0.848. The highest BCUT2D eigenvalue weighted by molar-refractivity contribution is 5.84. The lowest BCUT2D eigenvalue weighted by Crippen LogP contribution is -2.45. The van der Waals surface area contributed by atoms with Crippen molar-refractivity contribution in [3.05, 3.63) is 0 Å². The SMILES string of the molecule is CCCC1CCC(N2C(=O)C(C(C)C)NC2C)CC1. The molecule has 3 heteroatoms. The van der Waals surface area contributed by atoms with Gasteiger partial charge in [-0.25, -0.2) is 0 Å². The first-order chi connectivity index (χ1) is 9.04. The van der Waals surface area contributed by atoms with E-state index in [9.17, 15) is 4.79 Å². The minimum absolute atomic E-state index is 0.0309. The zero-order chi connectivity index (χ0) is 14.0. The third kappa shape index (κ3) is 3.13. The summed E-state index contributed by atoms with van der Waals surface area (Å²) >= 11 is 0. The van der Waals surface area contributed by atoms with Crippen molar-refractivity contribution in [1.82, 2.24) is 10.2 Å². The molecule has 1 amide bonds. The molecule has 0 aromatic heterocycles. The fourth-order valence-corrected chi connectivity index (χ4v) is 3.86. The van der Waals surface area contributed by atoms with E-state index in [0.717, 1.165) is 5.92 Å². The lowest BCUT2D eigenvalue weighted by molar-refractivity contribution is -0.133. The lowest BCUT2D eigenvalue weighted by Gasteiger charge is -2.36. The van der Waals surface area contributed by atoms with Gasteiger partial charge in [-0.15, -0.1) is 0 Å². The Bertz CT molecular complexity index is 308. The van der Waals surface area contributed by atoms with Crippen LogP contribution in [0.15, 0.2) is 0 Å². The van der Waals surface area contributed by atoms with Crippen molar-refractivity contribution in [2.75, 3.05) is 0 Å². The van der Waals surface area contributed by atoms with Crippen LogP contribution < -0.4 is 5.32 Å². The molecular weight excluding hydrogens is 236 g/mol. The number of hydrogen-bond donors (Lipinski definition) is 1. The predicted octanol–water partition coefficient (Wildman–Crippen LogP) is 3.15. The number of rotatable bonds is 4. The van der Waals surface area contributed by atoms with E-state index >= 15 is 0 Å². The highest BCUT2D eigenvalue weighted by Crippen LogP contribution is 2.33. The van der Waals surface area contributed by atoms with Gasteiger partial charge < -0.3 is 4.90 Å². The summed E-state index contributed by atoms with van der Waals surface area (Å²) in [6, 6.07) is 0.509. The highest BCUT2D eigenvalue weighted by atomic mass is 16.2. The number of nitrogens with one attached hydrogen (secondary N) is 1. The van der Waals surface area contributed by atoms with Crippen molar-refractivity contribution in [3.8, 4) is 0 Å². The van der Waals surface area contributed by atoms with Gasteiger partial charge in [0.15, 0.2) is 0 Å². The van der Waals surface area contributed by atoms with Gasteiger partial charge in [-0.2, -0.15) is 0 Å². The Morgan fingerprint density at radius 3 is 2.37 bits per heavy atom. The van der Waals surface area contributed by atoms with Gasteiger partial charge in [-0.1, -0.05) is 33.6 Å². The van der Waals surface area contributed by atoms with Gasteiger partial charge in [-0.05, 0) is 44.4 Å². The minimum Gasteiger partial charge on any atom is -0.323 e. The van der Waals surface area contributed by atoms with Crippen molar-refractivity contribution in [2.45, 2.75) is 84.5 Å². The van der Waals surface area contributed by atoms with Crippen LogP contribution in [0.25, 0.3) is 0 Å². The molecule has 0 aromatic carbocycles. The van der Waals surface area contributed by atoms with E-state index in [0.29, 0.717) is 17.9 Å². The largest absolute Gasteiger partial charge is 0.323 e. The maximum Gasteiger partial charge on any atom is 0.241 e. The normalized spacial score (nSPS) is 36.3. The molecule has 1 heterocycles. The van der Waals surface area contributed by atoms with E-state index in [4.69, 9.17) is 0 Å². The molecule has 0 aromatic rings. The molecule has 1 N–H and O–H groups in total. The smallest absolute Gasteiger partial charge is 0.241 e. The molecule has 110 valence electrons. The summed E-state index contributed by atoms with van der Waals surface area (Å²) in [4.78, 5) is 14.7. The summed E-state index contributed by atoms with van der Waals surface area (Å²) in [6.45, 7) is 8.67. The van der Waals surface area contributed by atoms with Crippen molar-refractivity contribution >= 4 is 5.91 Å². The number of nitrogens with zero attached hydrogens (tertiary/aromatic N) is 1. The molecule has 3 nitrogen and oxygen atoms in total. The summed E-state index contributed by atoms with van der Waals surface area (Å²) in [5.41, 5.74) is 0. The molecule has 2 aliphatic rings. The van der Waals surface area contributed by atoms with Crippen LogP contribution in [0, 0.1) is 11.8 Å². The van der Waals surface area contributed by atoms with Crippen molar-refractivity contribution < 1.29 is 4.79 Å². The monoisotopic (exact) mass is 266 g/mol. The van der Waals surface area contributed by atoms with Gasteiger partial charge in [0.1, 0.15) is 0 Å². The van der Waals surface area contributed by atoms with Gasteiger partial charge in [0, 0.05) is 6.04 Å². The Morgan fingerprint density at radius 1 is 1.26 bits per heavy atom. The standard InChI is InChI=1S/C16H30N2O/c1-5-6-13-7-9-14(10-8-13)18-12(4)17-15(11(2)3)16(18)19/h11-15,17H,5-10H2,1-4H3. The summed E-state index contributed by atoms with van der Waals surface area (Å²) in [5.74, 6) is 1.63. The summed E-state index contributed by atoms with van der Waals surface area (Å²) in [6.07, 6.45) is 7.89. The first-order valence-corrected chi connectivity index (χ1v) is 8.12. The predicted molar refractivity (Wildman–Crippen MR) is 78.7 cm³/mol. The molecule has 1 aliphatic heterocycles. The average Bonchev–Trinajstić information content (AvgIpc) is 2.67. The zero-order valence-electron chi connectivity index (χ0n) is 13.0. The van der Waals surface area contributed by atoms with Gasteiger partial charge in [0.2, 0.25) is 5.91 Å². The molecule has 1 aliphatic carbocycles. The summed E-state index contributed by atoms with van der Waals surface area (Å²) in [5, 5.41) is 3.46. The average molecular weight is 266 g/mol. The van der Waals surface area contributed by atoms with Crippen LogP contribution in [-0.4, -0.2) is 29.1 Å². The fourth-order valence-electron chi connectivity index (χ4n) is 3.86. The van der Waals surface area contributed by atoms with Crippen LogP contribution in [-0.2, 0) is 4.79 Å². The molecule has 2 rings (SSSR count). The van der Waals surface area contributed by atoms with Crippen LogP contribution >= 0.6 is 0 Å². The third-order valence-electron chi connectivity index (χ3n) is 4.93. The maximum atomic E-state index is 12.5. The van der Waals surface area contributed by atoms with Crippen LogP contribution in [0.5, 0.6) is 0 Å². The Kier molecular flexibility index (Phi) is 4.88. The molecule has 2 fully saturated rings. The highest BCUT2D eigenvalue weighted by Gasteiger charge is 2.42. The van der Waals surface area contributed by atoms with Crippen LogP contribution in [0.4, 0.5) is 0 Å². The van der Waals surface area contributed by atoms with Gasteiger partial charge >= 0.3 is 0 Å². The van der Waals surface area contributed by atoms with Crippen molar-refractivity contribution in [1.29, 1.82) is 0 Å². The van der Waals surface area contributed by atoms with E-state index in [1.807, 2.05) is 0 Å². The summed E-state index contributed by atoms with van der Waals surface area (Å²) in [7, 11) is 0. The van der Waals surface area contributed by atoms with Gasteiger partial charge in [-0.3, -0.25) is 10.1 Å². The van der Waals surface area contributed by atoms with E-state index in [2.05, 4.69) is 37.9 Å². The second-order valence-corrected chi connectivity index (χ2v) is 6.77. The van der Waals surface area contributed by atoms with Crippen LogP contribution in [0.3, 0.4) is 0 Å². The lowest BCUT2D eigenvalue weighted by atomic mass is 9.83. The van der Waals surface area contributed by atoms with E-state index in [-0.39, 0.29) is 12.2 Å². The number of carbonyl (C=O) groups excluding carboxylic acids is 1. The second kappa shape index (κ2) is 6.25. The first kappa shape index (κ1) is 14.8. The number of amides is 1. The molecule has 0 bridgehead atoms. The first-order valence-electron chi connectivity index (χ1n) is 8.12. The maximum absolute atomic E-state index is 12.5. The molecule has 19 heavy (non-hydrogen) atoms. The molecule has 0 radical (unpaired) electrons. The minimum atomic E-state index is 0.0309. The number of carbonyl (C=O) groups is 1. The molecule has 1 saturated carbocycles. The Hall–Kier alpha value is -0.570. The molecule has 1 saturated heterocycles. The third-order valence-corrected chi connectivity index (χ3v) is 4.93. The Labute approximate surface area is 118 Å². The van der Waals surface area contributed by atoms with E-state index in [1.54, 1.807) is 0 Å². The molecule has 2 unspecified atom stereocenters. The van der Waals surface area contributed by atoms with Crippen LogP contribution in [0.2, 0.25) is 0 Å². The Balaban J connectivity index is 1.94.